The van der Waals surface area contributed by atoms with Crippen molar-refractivity contribution in [3.05, 3.63) is 29.8 Å². The number of carbonyl (C=O) groups is 1. The Morgan fingerprint density at radius 1 is 1.10 bits per heavy atom. The fourth-order valence-electron chi connectivity index (χ4n) is 1.54. The van der Waals surface area contributed by atoms with Gasteiger partial charge in [-0.2, -0.15) is 13.2 Å². The van der Waals surface area contributed by atoms with Gasteiger partial charge in [0.1, 0.15) is 5.25 Å². The van der Waals surface area contributed by atoms with E-state index in [9.17, 15) is 26.4 Å². The van der Waals surface area contributed by atoms with Gasteiger partial charge in [0.25, 0.3) is 0 Å². The maximum atomic E-state index is 12.4. The highest BCUT2D eigenvalue weighted by Crippen LogP contribution is 2.29. The third-order valence-electron chi connectivity index (χ3n) is 3.00. The van der Waals surface area contributed by atoms with E-state index in [-0.39, 0.29) is 5.69 Å². The number of carbonyl (C=O) groups excluding carboxylic acids is 1. The second-order valence-corrected chi connectivity index (χ2v) is 7.67. The molecule has 1 N–H and O–H groups in total. The van der Waals surface area contributed by atoms with E-state index < -0.39 is 38.0 Å². The van der Waals surface area contributed by atoms with Crippen LogP contribution < -0.4 is 5.32 Å². The lowest BCUT2D eigenvalue weighted by atomic mass is 10.2. The predicted octanol–water partition coefficient (Wildman–Crippen LogP) is 2.86. The van der Waals surface area contributed by atoms with Crippen LogP contribution in [-0.4, -0.2) is 24.8 Å². The molecule has 0 aliphatic carbocycles. The van der Waals surface area contributed by atoms with Crippen LogP contribution in [0.25, 0.3) is 0 Å². The Labute approximate surface area is 121 Å². The van der Waals surface area contributed by atoms with Crippen LogP contribution >= 0.6 is 0 Å². The number of amides is 1. The summed E-state index contributed by atoms with van der Waals surface area (Å²) in [6.45, 7) is 4.16. The monoisotopic (exact) mass is 323 g/mol. The number of anilines is 1. The largest absolute Gasteiger partial charge is 0.416 e. The van der Waals surface area contributed by atoms with Crippen LogP contribution in [0.15, 0.2) is 24.3 Å². The molecule has 0 aromatic heterocycles. The molecule has 0 aliphatic rings. The second-order valence-electron chi connectivity index (χ2n) is 4.84. The van der Waals surface area contributed by atoms with Crippen LogP contribution in [-0.2, 0) is 20.8 Å². The van der Waals surface area contributed by atoms with Crippen molar-refractivity contribution in [2.75, 3.05) is 5.32 Å². The van der Waals surface area contributed by atoms with Crippen molar-refractivity contribution in [1.29, 1.82) is 0 Å². The molecular formula is C13H16F3NO3S. The van der Waals surface area contributed by atoms with E-state index >= 15 is 0 Å². The zero-order chi connectivity index (χ0) is 16.4. The summed E-state index contributed by atoms with van der Waals surface area (Å²) in [5.41, 5.74) is -0.734. The highest BCUT2D eigenvalue weighted by Gasteiger charge is 2.32. The maximum absolute atomic E-state index is 12.4. The van der Waals surface area contributed by atoms with Gasteiger partial charge in [-0.3, -0.25) is 4.79 Å². The molecule has 1 aromatic carbocycles. The summed E-state index contributed by atoms with van der Waals surface area (Å²) in [6.07, 6.45) is -4.46. The van der Waals surface area contributed by atoms with Gasteiger partial charge in [0.15, 0.2) is 9.84 Å². The summed E-state index contributed by atoms with van der Waals surface area (Å²) in [6, 6.07) is 3.79. The highest BCUT2D eigenvalue weighted by molar-refractivity contribution is 7.93. The molecule has 0 spiro atoms. The van der Waals surface area contributed by atoms with E-state index in [1.54, 1.807) is 0 Å². The molecule has 0 radical (unpaired) electrons. The summed E-state index contributed by atoms with van der Waals surface area (Å²) in [5, 5.41) is 0.301. The zero-order valence-corrected chi connectivity index (χ0v) is 12.5. The Bertz CT molecular complexity index is 607. The van der Waals surface area contributed by atoms with E-state index in [2.05, 4.69) is 5.32 Å². The fourth-order valence-corrected chi connectivity index (χ4v) is 2.72. The smallest absolute Gasteiger partial charge is 0.325 e. The van der Waals surface area contributed by atoms with Gasteiger partial charge in [-0.25, -0.2) is 8.42 Å². The summed E-state index contributed by atoms with van der Waals surface area (Å²) in [4.78, 5) is 11.8. The Kier molecular flexibility index (Phi) is 5.03. The summed E-state index contributed by atoms with van der Waals surface area (Å²) < 4.78 is 60.8. The lowest BCUT2D eigenvalue weighted by Crippen LogP contribution is -2.36. The van der Waals surface area contributed by atoms with Crippen molar-refractivity contribution in [3.63, 3.8) is 0 Å². The molecule has 1 atom stereocenters. The van der Waals surface area contributed by atoms with Gasteiger partial charge in [-0.1, -0.05) is 0 Å². The number of nitrogens with one attached hydrogen (secondary N) is 1. The first-order valence-corrected chi connectivity index (χ1v) is 7.78. The quantitative estimate of drug-likeness (QED) is 0.927. The molecule has 0 saturated carbocycles. The van der Waals surface area contributed by atoms with E-state index in [4.69, 9.17) is 0 Å². The van der Waals surface area contributed by atoms with Gasteiger partial charge < -0.3 is 5.32 Å². The molecule has 8 heteroatoms. The van der Waals surface area contributed by atoms with E-state index in [1.165, 1.54) is 20.8 Å². The average Bonchev–Trinajstić information content (AvgIpc) is 2.37. The number of hydrogen-bond acceptors (Lipinski definition) is 3. The zero-order valence-electron chi connectivity index (χ0n) is 11.7. The van der Waals surface area contributed by atoms with Gasteiger partial charge in [-0.05, 0) is 45.0 Å². The van der Waals surface area contributed by atoms with Crippen molar-refractivity contribution in [2.45, 2.75) is 37.4 Å². The minimum Gasteiger partial charge on any atom is -0.325 e. The molecule has 0 unspecified atom stereocenters. The molecule has 1 amide bonds. The van der Waals surface area contributed by atoms with Gasteiger partial charge in [0.05, 0.1) is 10.8 Å². The van der Waals surface area contributed by atoms with Crippen molar-refractivity contribution in [2.24, 2.45) is 0 Å². The SMILES string of the molecule is CC(C)S(=O)(=O)[C@H](C)C(=O)Nc1ccc(C(F)(F)F)cc1. The third-order valence-corrected chi connectivity index (χ3v) is 5.51. The molecular weight excluding hydrogens is 307 g/mol. The predicted molar refractivity (Wildman–Crippen MR) is 73.6 cm³/mol. The molecule has 0 fully saturated rings. The van der Waals surface area contributed by atoms with Crippen molar-refractivity contribution < 1.29 is 26.4 Å². The van der Waals surface area contributed by atoms with Gasteiger partial charge >= 0.3 is 6.18 Å². The third kappa shape index (κ3) is 4.20. The first-order valence-electron chi connectivity index (χ1n) is 6.17. The highest BCUT2D eigenvalue weighted by atomic mass is 32.2. The normalized spacial score (nSPS) is 14.0. The lowest BCUT2D eigenvalue weighted by molar-refractivity contribution is -0.137. The topological polar surface area (TPSA) is 63.2 Å². The average molecular weight is 323 g/mol. The van der Waals surface area contributed by atoms with Crippen LogP contribution in [0.1, 0.15) is 26.3 Å². The second kappa shape index (κ2) is 6.05. The first-order chi connectivity index (χ1) is 9.46. The Hall–Kier alpha value is -1.57. The number of sulfone groups is 1. The molecule has 1 aromatic rings. The lowest BCUT2D eigenvalue weighted by Gasteiger charge is -2.16. The molecule has 118 valence electrons. The molecule has 0 bridgehead atoms. The van der Waals surface area contributed by atoms with Crippen LogP contribution in [0.4, 0.5) is 18.9 Å². The van der Waals surface area contributed by atoms with Crippen molar-refractivity contribution in [1.82, 2.24) is 0 Å². The molecule has 21 heavy (non-hydrogen) atoms. The molecule has 0 saturated heterocycles. The van der Waals surface area contributed by atoms with E-state index in [1.807, 2.05) is 0 Å². The van der Waals surface area contributed by atoms with E-state index in [0.717, 1.165) is 24.3 Å². The Balaban J connectivity index is 2.85. The first kappa shape index (κ1) is 17.5. The summed E-state index contributed by atoms with van der Waals surface area (Å²) in [5.74, 6) is -0.775. The van der Waals surface area contributed by atoms with Gasteiger partial charge in [0.2, 0.25) is 5.91 Å². The van der Waals surface area contributed by atoms with Crippen molar-refractivity contribution in [3.8, 4) is 0 Å². The number of alkyl halides is 3. The maximum Gasteiger partial charge on any atom is 0.416 e. The number of hydrogen-bond donors (Lipinski definition) is 1. The Morgan fingerprint density at radius 2 is 1.57 bits per heavy atom. The van der Waals surface area contributed by atoms with Crippen LogP contribution in [0, 0.1) is 0 Å². The van der Waals surface area contributed by atoms with Gasteiger partial charge in [0, 0.05) is 5.69 Å². The number of halogens is 3. The summed E-state index contributed by atoms with van der Waals surface area (Å²) in [7, 11) is -3.62. The molecule has 1 rings (SSSR count). The summed E-state index contributed by atoms with van der Waals surface area (Å²) >= 11 is 0. The Morgan fingerprint density at radius 3 is 1.95 bits per heavy atom. The van der Waals surface area contributed by atoms with Crippen molar-refractivity contribution >= 4 is 21.4 Å². The van der Waals surface area contributed by atoms with Crippen LogP contribution in [0.2, 0.25) is 0 Å². The molecule has 0 aliphatic heterocycles. The van der Waals surface area contributed by atoms with E-state index in [0.29, 0.717) is 0 Å². The fraction of sp³-hybridized carbons (Fsp3) is 0.462. The molecule has 0 heterocycles. The molecule has 4 nitrogen and oxygen atoms in total. The number of rotatable bonds is 4. The minimum atomic E-state index is -4.46. The van der Waals surface area contributed by atoms with Crippen LogP contribution in [0.5, 0.6) is 0 Å². The van der Waals surface area contributed by atoms with Gasteiger partial charge in [-0.15, -0.1) is 0 Å². The van der Waals surface area contributed by atoms with Crippen LogP contribution in [0.3, 0.4) is 0 Å². The standard InChI is InChI=1S/C13H16F3NO3S/c1-8(2)21(19,20)9(3)12(18)17-11-6-4-10(5-7-11)13(14,15)16/h4-9H,1-3H3,(H,17,18)/t9-/m1/s1. The number of benzene rings is 1. The minimum absolute atomic E-state index is 0.110.